The van der Waals surface area contributed by atoms with E-state index in [4.69, 9.17) is 5.26 Å². The standard InChI is InChI=1S/C15H17F4N3.2ClH/c16-13-2-1-11(9-12(13)10-20)14(3-4-15(17,18)19)22-7-5-21-6-8-22;;/h1-2,9,14,21H,3-8H2;2*1H/t14-;;/m0../s1. The van der Waals surface area contributed by atoms with E-state index in [-0.39, 0.29) is 36.8 Å². The average molecular weight is 388 g/mol. The fourth-order valence-electron chi connectivity index (χ4n) is 2.69. The largest absolute Gasteiger partial charge is 0.389 e. The topological polar surface area (TPSA) is 39.1 Å². The van der Waals surface area contributed by atoms with E-state index in [1.54, 1.807) is 6.07 Å². The van der Waals surface area contributed by atoms with Crippen molar-refractivity contribution < 1.29 is 17.6 Å². The molecule has 0 aromatic heterocycles. The number of nitrogens with zero attached hydrogens (tertiary/aromatic N) is 2. The second-order valence-electron chi connectivity index (χ2n) is 5.31. The Morgan fingerprint density at radius 3 is 2.38 bits per heavy atom. The van der Waals surface area contributed by atoms with Gasteiger partial charge in [0.2, 0.25) is 0 Å². The molecule has 1 aromatic carbocycles. The summed E-state index contributed by atoms with van der Waals surface area (Å²) in [6.07, 6.45) is -5.23. The maximum Gasteiger partial charge on any atom is 0.389 e. The minimum Gasteiger partial charge on any atom is -0.314 e. The molecule has 136 valence electrons. The molecule has 0 bridgehead atoms. The van der Waals surface area contributed by atoms with Crippen molar-refractivity contribution in [3.8, 4) is 6.07 Å². The van der Waals surface area contributed by atoms with Crippen LogP contribution in [0.3, 0.4) is 0 Å². The van der Waals surface area contributed by atoms with E-state index in [1.807, 2.05) is 4.90 Å². The molecule has 9 heteroatoms. The van der Waals surface area contributed by atoms with Crippen LogP contribution in [0.2, 0.25) is 0 Å². The number of hydrogen-bond acceptors (Lipinski definition) is 3. The summed E-state index contributed by atoms with van der Waals surface area (Å²) in [6, 6.07) is 5.26. The van der Waals surface area contributed by atoms with Crippen LogP contribution in [-0.4, -0.2) is 37.3 Å². The number of nitriles is 1. The third kappa shape index (κ3) is 6.44. The summed E-state index contributed by atoms with van der Waals surface area (Å²) < 4.78 is 51.1. The first-order valence-corrected chi connectivity index (χ1v) is 7.12. The minimum absolute atomic E-state index is 0. The highest BCUT2D eigenvalue weighted by atomic mass is 35.5. The molecular weight excluding hydrogens is 369 g/mol. The summed E-state index contributed by atoms with van der Waals surface area (Å²) in [7, 11) is 0. The van der Waals surface area contributed by atoms with Crippen molar-refractivity contribution in [1.29, 1.82) is 5.26 Å². The van der Waals surface area contributed by atoms with E-state index in [1.165, 1.54) is 12.1 Å². The van der Waals surface area contributed by atoms with Crippen LogP contribution in [-0.2, 0) is 0 Å². The normalized spacial score (nSPS) is 16.5. The molecule has 1 atom stereocenters. The van der Waals surface area contributed by atoms with Crippen LogP contribution in [0, 0.1) is 17.1 Å². The Labute approximate surface area is 150 Å². The van der Waals surface area contributed by atoms with E-state index in [2.05, 4.69) is 5.32 Å². The smallest absolute Gasteiger partial charge is 0.314 e. The van der Waals surface area contributed by atoms with Gasteiger partial charge < -0.3 is 5.32 Å². The number of halogens is 6. The van der Waals surface area contributed by atoms with Crippen LogP contribution in [0.25, 0.3) is 0 Å². The highest BCUT2D eigenvalue weighted by molar-refractivity contribution is 5.85. The molecule has 1 fully saturated rings. The molecule has 0 unspecified atom stereocenters. The van der Waals surface area contributed by atoms with Gasteiger partial charge in [0, 0.05) is 38.6 Å². The number of rotatable bonds is 4. The van der Waals surface area contributed by atoms with Gasteiger partial charge in [-0.25, -0.2) is 4.39 Å². The molecule has 0 spiro atoms. The van der Waals surface area contributed by atoms with E-state index >= 15 is 0 Å². The Bertz CT molecular complexity index is 555. The molecule has 1 saturated heterocycles. The summed E-state index contributed by atoms with van der Waals surface area (Å²) in [5.74, 6) is -0.652. The first-order valence-electron chi connectivity index (χ1n) is 7.12. The van der Waals surface area contributed by atoms with E-state index in [9.17, 15) is 17.6 Å². The predicted molar refractivity (Wildman–Crippen MR) is 88.1 cm³/mol. The van der Waals surface area contributed by atoms with Crippen LogP contribution >= 0.6 is 24.8 Å². The lowest BCUT2D eigenvalue weighted by molar-refractivity contribution is -0.138. The van der Waals surface area contributed by atoms with Gasteiger partial charge in [0.05, 0.1) is 5.56 Å². The van der Waals surface area contributed by atoms with Crippen molar-refractivity contribution in [3.63, 3.8) is 0 Å². The van der Waals surface area contributed by atoms with Crippen molar-refractivity contribution in [1.82, 2.24) is 10.2 Å². The van der Waals surface area contributed by atoms with Gasteiger partial charge in [0.15, 0.2) is 0 Å². The zero-order valence-electron chi connectivity index (χ0n) is 12.8. The van der Waals surface area contributed by atoms with Crippen LogP contribution in [0.5, 0.6) is 0 Å². The van der Waals surface area contributed by atoms with Crippen molar-refractivity contribution >= 4 is 24.8 Å². The quantitative estimate of drug-likeness (QED) is 0.797. The summed E-state index contributed by atoms with van der Waals surface area (Å²) in [5.41, 5.74) is 0.425. The fraction of sp³-hybridized carbons (Fsp3) is 0.533. The molecule has 1 aliphatic heterocycles. The van der Waals surface area contributed by atoms with Gasteiger partial charge in [-0.2, -0.15) is 18.4 Å². The Balaban J connectivity index is 0.00000264. The summed E-state index contributed by atoms with van der Waals surface area (Å²) in [6.45, 7) is 2.66. The van der Waals surface area contributed by atoms with Gasteiger partial charge >= 0.3 is 6.18 Å². The second-order valence-corrected chi connectivity index (χ2v) is 5.31. The molecule has 1 aromatic rings. The van der Waals surface area contributed by atoms with Crippen LogP contribution in [0.4, 0.5) is 17.6 Å². The van der Waals surface area contributed by atoms with Gasteiger partial charge in [-0.1, -0.05) is 6.07 Å². The van der Waals surface area contributed by atoms with Crippen molar-refractivity contribution in [2.75, 3.05) is 26.2 Å². The van der Waals surface area contributed by atoms with Gasteiger partial charge in [0.25, 0.3) is 0 Å². The number of hydrogen-bond donors (Lipinski definition) is 1. The molecule has 0 amide bonds. The lowest BCUT2D eigenvalue weighted by Crippen LogP contribution is -2.45. The Hall–Kier alpha value is -1.07. The molecular formula is C15H19Cl2F4N3. The maximum absolute atomic E-state index is 13.4. The molecule has 1 heterocycles. The molecule has 1 aliphatic rings. The Morgan fingerprint density at radius 2 is 1.83 bits per heavy atom. The first-order chi connectivity index (χ1) is 10.4. The minimum atomic E-state index is -4.23. The predicted octanol–water partition coefficient (Wildman–Crippen LogP) is 3.83. The summed E-state index contributed by atoms with van der Waals surface area (Å²) in [4.78, 5) is 1.95. The van der Waals surface area contributed by atoms with E-state index in [0.717, 1.165) is 6.07 Å². The number of nitrogens with one attached hydrogen (secondary N) is 1. The molecule has 3 nitrogen and oxygen atoms in total. The van der Waals surface area contributed by atoms with E-state index < -0.39 is 24.5 Å². The average Bonchev–Trinajstić information content (AvgIpc) is 2.49. The number of piperazine rings is 1. The summed E-state index contributed by atoms with van der Waals surface area (Å²) in [5, 5.41) is 12.0. The molecule has 24 heavy (non-hydrogen) atoms. The highest BCUT2D eigenvalue weighted by Gasteiger charge is 2.31. The zero-order valence-corrected chi connectivity index (χ0v) is 14.4. The maximum atomic E-state index is 13.4. The van der Waals surface area contributed by atoms with Crippen molar-refractivity contribution in [2.45, 2.75) is 25.1 Å². The van der Waals surface area contributed by atoms with Gasteiger partial charge in [-0.05, 0) is 24.1 Å². The van der Waals surface area contributed by atoms with Crippen LogP contribution in [0.1, 0.15) is 30.0 Å². The van der Waals surface area contributed by atoms with Gasteiger partial charge in [-0.3, -0.25) is 4.90 Å². The monoisotopic (exact) mass is 387 g/mol. The molecule has 0 saturated carbocycles. The Morgan fingerprint density at radius 1 is 1.21 bits per heavy atom. The SMILES string of the molecule is Cl.Cl.N#Cc1cc([C@H](CCC(F)(F)F)N2CCNCC2)ccc1F. The highest BCUT2D eigenvalue weighted by Crippen LogP contribution is 2.32. The number of alkyl halides is 3. The van der Waals surface area contributed by atoms with Crippen molar-refractivity contribution in [3.05, 3.63) is 35.1 Å². The van der Waals surface area contributed by atoms with Crippen molar-refractivity contribution in [2.24, 2.45) is 0 Å². The van der Waals surface area contributed by atoms with Crippen LogP contribution < -0.4 is 5.32 Å². The lowest BCUT2D eigenvalue weighted by atomic mass is 9.97. The summed E-state index contributed by atoms with van der Waals surface area (Å²) >= 11 is 0. The molecule has 2 rings (SSSR count). The van der Waals surface area contributed by atoms with E-state index in [0.29, 0.717) is 31.7 Å². The third-order valence-corrected chi connectivity index (χ3v) is 3.79. The van der Waals surface area contributed by atoms with Gasteiger partial charge in [0.1, 0.15) is 11.9 Å². The number of benzene rings is 1. The second kappa shape index (κ2) is 10.0. The third-order valence-electron chi connectivity index (χ3n) is 3.79. The molecule has 1 N–H and O–H groups in total. The zero-order chi connectivity index (χ0) is 16.2. The fourth-order valence-corrected chi connectivity index (χ4v) is 2.69. The lowest BCUT2D eigenvalue weighted by Gasteiger charge is -2.35. The van der Waals surface area contributed by atoms with Crippen LogP contribution in [0.15, 0.2) is 18.2 Å². The molecule has 0 radical (unpaired) electrons. The first kappa shape index (κ1) is 22.9. The van der Waals surface area contributed by atoms with Gasteiger partial charge in [-0.15, -0.1) is 24.8 Å². The molecule has 0 aliphatic carbocycles. The Kier molecular flexibility index (Phi) is 9.59.